The standard InChI is InChI=1S/C11H16O2/c1-11(2,3)9-6-4-8(5-7-9)10(12)13/h4-7,10,12-13H,1-3H3. The minimum atomic E-state index is -1.37. The number of hydrogen-bond donors (Lipinski definition) is 2. The molecule has 0 unspecified atom stereocenters. The number of benzene rings is 1. The third-order valence-electron chi connectivity index (χ3n) is 2.07. The summed E-state index contributed by atoms with van der Waals surface area (Å²) in [6.45, 7) is 6.37. The Labute approximate surface area is 78.8 Å². The van der Waals surface area contributed by atoms with Gasteiger partial charge in [-0.25, -0.2) is 0 Å². The average Bonchev–Trinajstić information content (AvgIpc) is 2.03. The molecule has 0 aliphatic carbocycles. The fraction of sp³-hybridized carbons (Fsp3) is 0.455. The van der Waals surface area contributed by atoms with Gasteiger partial charge in [-0.3, -0.25) is 0 Å². The first-order chi connectivity index (χ1) is 5.91. The molecule has 0 atom stereocenters. The van der Waals surface area contributed by atoms with Crippen molar-refractivity contribution >= 4 is 0 Å². The molecule has 0 radical (unpaired) electrons. The molecule has 0 heterocycles. The number of aliphatic hydroxyl groups is 2. The molecule has 1 rings (SSSR count). The Kier molecular flexibility index (Phi) is 2.74. The van der Waals surface area contributed by atoms with Crippen LogP contribution in [0.5, 0.6) is 0 Å². The van der Waals surface area contributed by atoms with Crippen LogP contribution in [0, 0.1) is 0 Å². The van der Waals surface area contributed by atoms with Gasteiger partial charge in [-0.2, -0.15) is 0 Å². The topological polar surface area (TPSA) is 40.5 Å². The lowest BCUT2D eigenvalue weighted by Gasteiger charge is -2.19. The maximum atomic E-state index is 8.87. The van der Waals surface area contributed by atoms with Crippen molar-refractivity contribution in [2.24, 2.45) is 0 Å². The maximum absolute atomic E-state index is 8.87. The largest absolute Gasteiger partial charge is 0.364 e. The summed E-state index contributed by atoms with van der Waals surface area (Å²) >= 11 is 0. The average molecular weight is 180 g/mol. The highest BCUT2D eigenvalue weighted by Gasteiger charge is 2.13. The Morgan fingerprint density at radius 2 is 1.46 bits per heavy atom. The van der Waals surface area contributed by atoms with E-state index in [2.05, 4.69) is 20.8 Å². The van der Waals surface area contributed by atoms with Crippen LogP contribution in [0.1, 0.15) is 38.2 Å². The Bertz CT molecular complexity index is 267. The molecule has 0 aromatic heterocycles. The maximum Gasteiger partial charge on any atom is 0.178 e. The lowest BCUT2D eigenvalue weighted by atomic mass is 9.87. The summed E-state index contributed by atoms with van der Waals surface area (Å²) in [5.41, 5.74) is 1.84. The van der Waals surface area contributed by atoms with E-state index in [1.165, 1.54) is 5.56 Å². The molecule has 72 valence electrons. The van der Waals surface area contributed by atoms with Crippen molar-refractivity contribution in [1.29, 1.82) is 0 Å². The smallest absolute Gasteiger partial charge is 0.178 e. The van der Waals surface area contributed by atoms with Crippen LogP contribution in [-0.4, -0.2) is 10.2 Å². The molecule has 0 spiro atoms. The lowest BCUT2D eigenvalue weighted by Crippen LogP contribution is -2.11. The highest BCUT2D eigenvalue weighted by atomic mass is 16.5. The van der Waals surface area contributed by atoms with E-state index in [-0.39, 0.29) is 5.41 Å². The van der Waals surface area contributed by atoms with Gasteiger partial charge in [0, 0.05) is 5.56 Å². The summed E-state index contributed by atoms with van der Waals surface area (Å²) in [6, 6.07) is 7.33. The van der Waals surface area contributed by atoms with E-state index < -0.39 is 6.29 Å². The molecule has 2 N–H and O–H groups in total. The number of hydrogen-bond acceptors (Lipinski definition) is 2. The van der Waals surface area contributed by atoms with E-state index in [1.807, 2.05) is 12.1 Å². The van der Waals surface area contributed by atoms with E-state index in [0.717, 1.165) is 0 Å². The molecular formula is C11H16O2. The van der Waals surface area contributed by atoms with Gasteiger partial charge < -0.3 is 10.2 Å². The highest BCUT2D eigenvalue weighted by molar-refractivity contribution is 5.27. The number of rotatable bonds is 1. The van der Waals surface area contributed by atoms with Crippen molar-refractivity contribution in [2.75, 3.05) is 0 Å². The summed E-state index contributed by atoms with van der Waals surface area (Å²) in [5.74, 6) is 0. The summed E-state index contributed by atoms with van der Waals surface area (Å²) in [5, 5.41) is 17.7. The van der Waals surface area contributed by atoms with Crippen molar-refractivity contribution in [1.82, 2.24) is 0 Å². The SMILES string of the molecule is CC(C)(C)c1ccc(C(O)O)cc1. The van der Waals surface area contributed by atoms with E-state index in [1.54, 1.807) is 12.1 Å². The normalized spacial score (nSPS) is 12.2. The number of aliphatic hydroxyl groups excluding tert-OH is 1. The molecule has 0 saturated carbocycles. The third-order valence-corrected chi connectivity index (χ3v) is 2.07. The summed E-state index contributed by atoms with van der Waals surface area (Å²) < 4.78 is 0. The molecule has 2 nitrogen and oxygen atoms in total. The van der Waals surface area contributed by atoms with Crippen LogP contribution in [0.15, 0.2) is 24.3 Å². The van der Waals surface area contributed by atoms with E-state index in [9.17, 15) is 0 Å². The van der Waals surface area contributed by atoms with Gasteiger partial charge in [0.05, 0.1) is 0 Å². The molecular weight excluding hydrogens is 164 g/mol. The Morgan fingerprint density at radius 1 is 1.00 bits per heavy atom. The molecule has 0 aliphatic heterocycles. The van der Waals surface area contributed by atoms with Gasteiger partial charge in [0.25, 0.3) is 0 Å². The highest BCUT2D eigenvalue weighted by Crippen LogP contribution is 2.23. The van der Waals surface area contributed by atoms with Crippen LogP contribution in [0.3, 0.4) is 0 Å². The minimum Gasteiger partial charge on any atom is -0.364 e. The first-order valence-corrected chi connectivity index (χ1v) is 4.38. The van der Waals surface area contributed by atoms with Crippen molar-refractivity contribution < 1.29 is 10.2 Å². The van der Waals surface area contributed by atoms with Crippen LogP contribution in [0.4, 0.5) is 0 Å². The predicted octanol–water partition coefficient (Wildman–Crippen LogP) is 1.97. The van der Waals surface area contributed by atoms with Crippen molar-refractivity contribution in [3.63, 3.8) is 0 Å². The monoisotopic (exact) mass is 180 g/mol. The fourth-order valence-corrected chi connectivity index (χ4v) is 1.16. The first kappa shape index (κ1) is 10.2. The zero-order valence-electron chi connectivity index (χ0n) is 8.28. The van der Waals surface area contributed by atoms with Gasteiger partial charge in [0.1, 0.15) is 0 Å². The second-order valence-electron chi connectivity index (χ2n) is 4.25. The summed E-state index contributed by atoms with van der Waals surface area (Å²) in [7, 11) is 0. The Hall–Kier alpha value is -0.860. The van der Waals surface area contributed by atoms with Gasteiger partial charge in [-0.05, 0) is 11.0 Å². The van der Waals surface area contributed by atoms with E-state index in [0.29, 0.717) is 5.56 Å². The zero-order valence-corrected chi connectivity index (χ0v) is 8.28. The van der Waals surface area contributed by atoms with E-state index in [4.69, 9.17) is 10.2 Å². The summed E-state index contributed by atoms with van der Waals surface area (Å²) in [6.07, 6.45) is -1.37. The first-order valence-electron chi connectivity index (χ1n) is 4.38. The van der Waals surface area contributed by atoms with Gasteiger partial charge in [-0.15, -0.1) is 0 Å². The lowest BCUT2D eigenvalue weighted by molar-refractivity contribution is -0.0425. The Balaban J connectivity index is 2.94. The van der Waals surface area contributed by atoms with Crippen LogP contribution >= 0.6 is 0 Å². The molecule has 0 bridgehead atoms. The zero-order chi connectivity index (χ0) is 10.1. The van der Waals surface area contributed by atoms with Crippen molar-refractivity contribution in [3.8, 4) is 0 Å². The second kappa shape index (κ2) is 3.48. The minimum absolute atomic E-state index is 0.110. The van der Waals surface area contributed by atoms with Gasteiger partial charge in [-0.1, -0.05) is 45.0 Å². The third kappa shape index (κ3) is 2.54. The molecule has 1 aromatic carbocycles. The van der Waals surface area contributed by atoms with Crippen LogP contribution < -0.4 is 0 Å². The molecule has 13 heavy (non-hydrogen) atoms. The predicted molar refractivity (Wildman–Crippen MR) is 52.3 cm³/mol. The molecule has 0 saturated heterocycles. The molecule has 1 aromatic rings. The summed E-state index contributed by atoms with van der Waals surface area (Å²) in [4.78, 5) is 0. The van der Waals surface area contributed by atoms with Crippen LogP contribution in [-0.2, 0) is 5.41 Å². The van der Waals surface area contributed by atoms with Gasteiger partial charge >= 0.3 is 0 Å². The van der Waals surface area contributed by atoms with Crippen LogP contribution in [0.25, 0.3) is 0 Å². The fourth-order valence-electron chi connectivity index (χ4n) is 1.16. The van der Waals surface area contributed by atoms with Crippen LogP contribution in [0.2, 0.25) is 0 Å². The van der Waals surface area contributed by atoms with Crippen molar-refractivity contribution in [3.05, 3.63) is 35.4 Å². The molecule has 0 aliphatic rings. The van der Waals surface area contributed by atoms with E-state index >= 15 is 0 Å². The molecule has 0 fully saturated rings. The second-order valence-corrected chi connectivity index (χ2v) is 4.25. The molecule has 2 heteroatoms. The van der Waals surface area contributed by atoms with Crippen molar-refractivity contribution in [2.45, 2.75) is 32.5 Å². The van der Waals surface area contributed by atoms with Gasteiger partial charge in [0.15, 0.2) is 6.29 Å². The Morgan fingerprint density at radius 3 is 1.77 bits per heavy atom. The quantitative estimate of drug-likeness (QED) is 0.649. The van der Waals surface area contributed by atoms with Gasteiger partial charge in [0.2, 0.25) is 0 Å². The molecule has 0 amide bonds.